The molecule has 3 heteroatoms. The second-order valence-electron chi connectivity index (χ2n) is 14.1. The van der Waals surface area contributed by atoms with Crippen LogP contribution < -0.4 is 5.32 Å². The van der Waals surface area contributed by atoms with E-state index in [1.54, 1.807) is 0 Å². The Morgan fingerprint density at radius 1 is 0.480 bits per heavy atom. The molecule has 0 aliphatic carbocycles. The Bertz CT molecular complexity index is 1250. The van der Waals surface area contributed by atoms with Crippen molar-refractivity contribution in [2.24, 2.45) is 11.8 Å². The number of nitrogens with zero attached hydrogens (tertiary/aromatic N) is 1. The summed E-state index contributed by atoms with van der Waals surface area (Å²) in [6.45, 7) is 6.35. The fraction of sp³-hybridized carbons (Fsp3) is 0.489. The van der Waals surface area contributed by atoms with Gasteiger partial charge in [-0.2, -0.15) is 0 Å². The van der Waals surface area contributed by atoms with Crippen LogP contribution >= 0.6 is 15.9 Å². The van der Waals surface area contributed by atoms with E-state index >= 15 is 0 Å². The molecule has 2 aliphatic heterocycles. The molecule has 0 unspecified atom stereocenters. The first kappa shape index (κ1) is 41.7. The van der Waals surface area contributed by atoms with E-state index in [9.17, 15) is 0 Å². The standard InChI is InChI=1S/C23H31N.C14H21N.C9H11Br.CH4/c1-3-9-21(10-4-1)13-7-14-23-16-19-24(20-17-23)18-8-15-22-11-5-2-6-12-22;1-2-5-13(6-3-1)7-4-8-14-9-11-15-12-10-14;10-8-4-7-9-5-2-1-3-6-9;/h1-6,9-12,23H,7-8,13-20H2;1-3,5-6,14-15H,4,7-12H2;1-3,5-6H,4,7-8H2;1H4. The van der Waals surface area contributed by atoms with Crippen molar-refractivity contribution >= 4 is 15.9 Å². The number of halogens is 1. The van der Waals surface area contributed by atoms with Crippen LogP contribution in [0, 0.1) is 11.8 Å². The first-order valence-corrected chi connectivity index (χ1v) is 20.6. The number of hydrogen-bond acceptors (Lipinski definition) is 2. The molecule has 50 heavy (non-hydrogen) atoms. The summed E-state index contributed by atoms with van der Waals surface area (Å²) in [7, 11) is 0. The molecule has 0 atom stereocenters. The van der Waals surface area contributed by atoms with Crippen molar-refractivity contribution in [3.8, 4) is 0 Å². The van der Waals surface area contributed by atoms with Gasteiger partial charge in [-0.25, -0.2) is 0 Å². The third-order valence-corrected chi connectivity index (χ3v) is 10.8. The minimum atomic E-state index is 0. The first-order valence-electron chi connectivity index (χ1n) is 19.4. The molecule has 6 rings (SSSR count). The molecule has 2 heterocycles. The monoisotopic (exact) mass is 738 g/mol. The fourth-order valence-corrected chi connectivity index (χ4v) is 7.50. The van der Waals surface area contributed by atoms with Crippen LogP contribution in [0.15, 0.2) is 121 Å². The normalized spacial score (nSPS) is 15.1. The summed E-state index contributed by atoms with van der Waals surface area (Å²) < 4.78 is 0. The molecule has 0 bridgehead atoms. The van der Waals surface area contributed by atoms with Crippen molar-refractivity contribution in [3.05, 3.63) is 144 Å². The highest BCUT2D eigenvalue weighted by atomic mass is 79.9. The minimum absolute atomic E-state index is 0. The number of likely N-dealkylation sites (tertiary alicyclic amines) is 1. The van der Waals surface area contributed by atoms with Crippen LogP contribution in [0.2, 0.25) is 0 Å². The zero-order valence-corrected chi connectivity index (χ0v) is 31.8. The van der Waals surface area contributed by atoms with Crippen LogP contribution in [0.4, 0.5) is 0 Å². The van der Waals surface area contributed by atoms with Gasteiger partial charge in [0.25, 0.3) is 0 Å². The lowest BCUT2D eigenvalue weighted by atomic mass is 9.90. The van der Waals surface area contributed by atoms with Gasteiger partial charge in [0.2, 0.25) is 0 Å². The van der Waals surface area contributed by atoms with Gasteiger partial charge in [-0.15, -0.1) is 0 Å². The fourth-order valence-electron chi connectivity index (χ4n) is 7.22. The zero-order chi connectivity index (χ0) is 34.0. The van der Waals surface area contributed by atoms with Gasteiger partial charge in [-0.1, -0.05) is 158 Å². The number of aryl methyl sites for hydroxylation is 4. The third kappa shape index (κ3) is 18.5. The van der Waals surface area contributed by atoms with E-state index < -0.39 is 0 Å². The molecule has 0 saturated carbocycles. The Morgan fingerprint density at radius 3 is 1.24 bits per heavy atom. The zero-order valence-electron chi connectivity index (χ0n) is 30.2. The smallest absolute Gasteiger partial charge is 0.00344 e. The number of hydrogen-bond donors (Lipinski definition) is 1. The lowest BCUT2D eigenvalue weighted by Crippen LogP contribution is -2.34. The Hall–Kier alpha value is -2.72. The highest BCUT2D eigenvalue weighted by molar-refractivity contribution is 9.09. The van der Waals surface area contributed by atoms with Crippen LogP contribution in [0.25, 0.3) is 0 Å². The van der Waals surface area contributed by atoms with E-state index in [2.05, 4.69) is 147 Å². The van der Waals surface area contributed by atoms with E-state index in [1.807, 2.05) is 0 Å². The molecule has 1 N–H and O–H groups in total. The van der Waals surface area contributed by atoms with Gasteiger partial charge in [0.05, 0.1) is 0 Å². The second-order valence-corrected chi connectivity index (χ2v) is 14.9. The van der Waals surface area contributed by atoms with Crippen molar-refractivity contribution < 1.29 is 0 Å². The van der Waals surface area contributed by atoms with Crippen LogP contribution in [0.1, 0.15) is 93.9 Å². The third-order valence-electron chi connectivity index (χ3n) is 10.2. The average molecular weight is 740 g/mol. The molecule has 2 fully saturated rings. The number of alkyl halides is 1. The Kier molecular flexibility index (Phi) is 22.5. The Labute approximate surface area is 315 Å². The van der Waals surface area contributed by atoms with E-state index in [4.69, 9.17) is 0 Å². The summed E-state index contributed by atoms with van der Waals surface area (Å²) in [6.07, 6.45) is 18.5. The van der Waals surface area contributed by atoms with E-state index in [0.717, 1.165) is 17.2 Å². The van der Waals surface area contributed by atoms with E-state index in [1.165, 1.54) is 145 Å². The van der Waals surface area contributed by atoms with Gasteiger partial charge in [0, 0.05) is 5.33 Å². The predicted octanol–water partition coefficient (Wildman–Crippen LogP) is 12.0. The highest BCUT2D eigenvalue weighted by Crippen LogP contribution is 2.23. The van der Waals surface area contributed by atoms with E-state index in [0.29, 0.717) is 0 Å². The topological polar surface area (TPSA) is 15.3 Å². The molecular weight excluding hydrogens is 672 g/mol. The number of piperidine rings is 2. The van der Waals surface area contributed by atoms with Gasteiger partial charge >= 0.3 is 0 Å². The summed E-state index contributed by atoms with van der Waals surface area (Å²) in [6, 6.07) is 43.3. The lowest BCUT2D eigenvalue weighted by molar-refractivity contribution is 0.176. The average Bonchev–Trinajstić information content (AvgIpc) is 3.17. The maximum absolute atomic E-state index is 3.42. The van der Waals surface area contributed by atoms with E-state index in [-0.39, 0.29) is 7.43 Å². The van der Waals surface area contributed by atoms with Crippen molar-refractivity contribution in [1.82, 2.24) is 10.2 Å². The number of nitrogens with one attached hydrogen (secondary N) is 1. The highest BCUT2D eigenvalue weighted by Gasteiger charge is 2.18. The van der Waals surface area contributed by atoms with Gasteiger partial charge in [0.15, 0.2) is 0 Å². The van der Waals surface area contributed by atoms with Crippen molar-refractivity contribution in [3.63, 3.8) is 0 Å². The van der Waals surface area contributed by atoms with Gasteiger partial charge in [0.1, 0.15) is 0 Å². The summed E-state index contributed by atoms with van der Waals surface area (Å²) in [5.41, 5.74) is 5.90. The molecule has 4 aromatic carbocycles. The van der Waals surface area contributed by atoms with Gasteiger partial charge < -0.3 is 10.2 Å². The molecule has 0 spiro atoms. The number of benzene rings is 4. The Morgan fingerprint density at radius 2 is 0.840 bits per heavy atom. The summed E-state index contributed by atoms with van der Waals surface area (Å²) in [4.78, 5) is 2.68. The predicted molar refractivity (Wildman–Crippen MR) is 224 cm³/mol. The molecular formula is C47H67BrN2. The molecule has 2 nitrogen and oxygen atoms in total. The van der Waals surface area contributed by atoms with Gasteiger partial charge in [-0.3, -0.25) is 0 Å². The molecule has 0 aromatic heterocycles. The quantitative estimate of drug-likeness (QED) is 0.122. The maximum Gasteiger partial charge on any atom is 0.00344 e. The minimum Gasteiger partial charge on any atom is -0.317 e. The summed E-state index contributed by atoms with van der Waals surface area (Å²) >= 11 is 3.41. The second kappa shape index (κ2) is 27.0. The summed E-state index contributed by atoms with van der Waals surface area (Å²) in [5.74, 6) is 1.94. The molecule has 2 aliphatic rings. The summed E-state index contributed by atoms with van der Waals surface area (Å²) in [5, 5.41) is 4.52. The maximum atomic E-state index is 3.42. The lowest BCUT2D eigenvalue weighted by Gasteiger charge is -2.32. The molecule has 4 aromatic rings. The van der Waals surface area contributed by atoms with Gasteiger partial charge in [-0.05, 0) is 144 Å². The number of rotatable bonds is 15. The molecule has 272 valence electrons. The largest absolute Gasteiger partial charge is 0.317 e. The van der Waals surface area contributed by atoms with Crippen molar-refractivity contribution in [2.45, 2.75) is 97.3 Å². The van der Waals surface area contributed by atoms with Crippen molar-refractivity contribution in [1.29, 1.82) is 0 Å². The van der Waals surface area contributed by atoms with Crippen LogP contribution in [-0.2, 0) is 25.7 Å². The molecule has 2 saturated heterocycles. The van der Waals surface area contributed by atoms with Crippen LogP contribution in [-0.4, -0.2) is 43.0 Å². The first-order chi connectivity index (χ1) is 24.3. The molecule has 0 amide bonds. The SMILES string of the molecule is BrCCCc1ccccc1.C.c1ccc(CCCC2CCN(CCCc3ccccc3)CC2)cc1.c1ccc(CCCC2CCNCC2)cc1. The van der Waals surface area contributed by atoms with Crippen LogP contribution in [0.5, 0.6) is 0 Å². The van der Waals surface area contributed by atoms with Crippen LogP contribution in [0.3, 0.4) is 0 Å². The van der Waals surface area contributed by atoms with Crippen molar-refractivity contribution in [2.75, 3.05) is 38.1 Å². The molecule has 0 radical (unpaired) electrons. The Balaban J connectivity index is 0.000000222.